The molecule has 1 aliphatic rings. The van der Waals surface area contributed by atoms with Gasteiger partial charge in [-0.15, -0.1) is 0 Å². The molecule has 0 heterocycles. The number of nitrogens with two attached hydrogens (primary N) is 1. The van der Waals surface area contributed by atoms with Crippen LogP contribution in [0, 0.1) is 5.89 Å². The van der Waals surface area contributed by atoms with Crippen LogP contribution in [0.1, 0.15) is 7.79 Å². The van der Waals surface area contributed by atoms with E-state index < -0.39 is 11.9 Å². The van der Waals surface area contributed by atoms with Gasteiger partial charge in [0.05, 0.1) is 5.89 Å². The summed E-state index contributed by atoms with van der Waals surface area (Å²) in [6.07, 6.45) is 4.50. The predicted octanol–water partition coefficient (Wildman–Crippen LogP) is 0.490. The summed E-state index contributed by atoms with van der Waals surface area (Å²) in [4.78, 5) is 10.5. The lowest BCUT2D eigenvalue weighted by atomic mass is 9.99. The van der Waals surface area contributed by atoms with Crippen LogP contribution in [0.3, 0.4) is 0 Å². The van der Waals surface area contributed by atoms with Gasteiger partial charge in [0.1, 0.15) is 0 Å². The Kier molecular flexibility index (Phi) is 1.41. The molecular weight excluding hydrogens is 130 g/mol. The molecule has 0 radical (unpaired) electrons. The first-order valence-corrected chi connectivity index (χ1v) is 2.92. The van der Waals surface area contributed by atoms with Crippen molar-refractivity contribution in [3.05, 3.63) is 23.9 Å². The molecule has 10 heavy (non-hydrogen) atoms. The van der Waals surface area contributed by atoms with Gasteiger partial charge in [-0.2, -0.15) is 0 Å². The fraction of sp³-hybridized carbons (Fsp3) is 0.286. The fourth-order valence-electron chi connectivity index (χ4n) is 0.773. The fourth-order valence-corrected chi connectivity index (χ4v) is 0.773. The Balaban J connectivity index is 2.86. The number of aliphatic carboxylic acids is 1. The second-order valence-electron chi connectivity index (χ2n) is 2.11. The van der Waals surface area contributed by atoms with Crippen LogP contribution in [0.25, 0.3) is 0 Å². The SMILES string of the molecule is [2H]C1(C(=O)O)C=CC=C(N)C1. The summed E-state index contributed by atoms with van der Waals surface area (Å²) in [5, 5.41) is 8.59. The number of rotatable bonds is 1. The standard InChI is InChI=1S/C7H9NO2/c8-6-3-1-2-5(4-6)7(9)10/h1-3,5H,4,8H2,(H,9,10)/i5D. The summed E-state index contributed by atoms with van der Waals surface area (Å²) in [7, 11) is 0. The zero-order valence-electron chi connectivity index (χ0n) is 6.37. The maximum Gasteiger partial charge on any atom is 0.310 e. The van der Waals surface area contributed by atoms with E-state index in [4.69, 9.17) is 12.2 Å². The highest BCUT2D eigenvalue weighted by Crippen LogP contribution is 2.14. The van der Waals surface area contributed by atoms with E-state index in [0.717, 1.165) is 0 Å². The van der Waals surface area contributed by atoms with Gasteiger partial charge in [-0.3, -0.25) is 4.79 Å². The number of carbonyl (C=O) groups is 1. The molecule has 3 N–H and O–H groups in total. The highest BCUT2D eigenvalue weighted by atomic mass is 16.4. The van der Waals surface area contributed by atoms with Crippen LogP contribution in [0.2, 0.25) is 0 Å². The minimum Gasteiger partial charge on any atom is -0.481 e. The van der Waals surface area contributed by atoms with Gasteiger partial charge >= 0.3 is 5.97 Å². The highest BCUT2D eigenvalue weighted by Gasteiger charge is 2.15. The Hall–Kier alpha value is -1.25. The Labute approximate surface area is 60.2 Å². The molecule has 54 valence electrons. The topological polar surface area (TPSA) is 63.3 Å². The van der Waals surface area contributed by atoms with Crippen molar-refractivity contribution in [1.29, 1.82) is 0 Å². The van der Waals surface area contributed by atoms with Crippen molar-refractivity contribution >= 4 is 5.97 Å². The second kappa shape index (κ2) is 2.56. The summed E-state index contributed by atoms with van der Waals surface area (Å²) in [5.41, 5.74) is 5.81. The van der Waals surface area contributed by atoms with Gasteiger partial charge in [0.15, 0.2) is 0 Å². The first kappa shape index (κ1) is 5.53. The summed E-state index contributed by atoms with van der Waals surface area (Å²) < 4.78 is 7.40. The predicted molar refractivity (Wildman–Crippen MR) is 37.2 cm³/mol. The van der Waals surface area contributed by atoms with Crippen molar-refractivity contribution in [3.63, 3.8) is 0 Å². The number of allylic oxidation sites excluding steroid dienone is 3. The summed E-state index contributed by atoms with van der Waals surface area (Å²) in [6.45, 7) is 0. The van der Waals surface area contributed by atoms with E-state index in [9.17, 15) is 4.79 Å². The van der Waals surface area contributed by atoms with Gasteiger partial charge in [0.2, 0.25) is 0 Å². The first-order chi connectivity index (χ1) is 5.04. The van der Waals surface area contributed by atoms with Crippen LogP contribution in [0.4, 0.5) is 0 Å². The lowest BCUT2D eigenvalue weighted by Crippen LogP contribution is -2.16. The first-order valence-electron chi connectivity index (χ1n) is 3.42. The average Bonchev–Trinajstić information content (AvgIpc) is 1.86. The van der Waals surface area contributed by atoms with Gasteiger partial charge < -0.3 is 10.8 Å². The maximum absolute atomic E-state index is 10.5. The van der Waals surface area contributed by atoms with E-state index in [-0.39, 0.29) is 6.42 Å². The van der Waals surface area contributed by atoms with Gasteiger partial charge in [0, 0.05) is 13.5 Å². The van der Waals surface area contributed by atoms with Gasteiger partial charge in [-0.25, -0.2) is 0 Å². The molecule has 0 aliphatic heterocycles. The zero-order valence-corrected chi connectivity index (χ0v) is 5.37. The molecule has 1 atom stereocenters. The van der Waals surface area contributed by atoms with Crippen LogP contribution in [0.15, 0.2) is 23.9 Å². The Morgan fingerprint density at radius 2 is 2.70 bits per heavy atom. The van der Waals surface area contributed by atoms with Crippen molar-refractivity contribution in [1.82, 2.24) is 0 Å². The van der Waals surface area contributed by atoms with Crippen LogP contribution in [0.5, 0.6) is 0 Å². The van der Waals surface area contributed by atoms with Crippen LogP contribution in [-0.4, -0.2) is 11.1 Å². The Morgan fingerprint density at radius 1 is 2.00 bits per heavy atom. The Bertz CT molecular complexity index is 247. The molecule has 0 fully saturated rings. The van der Waals surface area contributed by atoms with Gasteiger partial charge in [-0.05, 0) is 6.08 Å². The van der Waals surface area contributed by atoms with Crippen LogP contribution >= 0.6 is 0 Å². The van der Waals surface area contributed by atoms with Crippen LogP contribution < -0.4 is 5.73 Å². The van der Waals surface area contributed by atoms with Gasteiger partial charge in [0.25, 0.3) is 0 Å². The number of hydrogen-bond donors (Lipinski definition) is 2. The lowest BCUT2D eigenvalue weighted by molar-refractivity contribution is -0.140. The molecule has 0 saturated heterocycles. The van der Waals surface area contributed by atoms with E-state index in [2.05, 4.69) is 0 Å². The second-order valence-corrected chi connectivity index (χ2v) is 2.11. The number of hydrogen-bond acceptors (Lipinski definition) is 2. The molecule has 1 aliphatic carbocycles. The third-order valence-corrected chi connectivity index (χ3v) is 1.28. The van der Waals surface area contributed by atoms with E-state index >= 15 is 0 Å². The minimum atomic E-state index is -1.56. The summed E-state index contributed by atoms with van der Waals surface area (Å²) >= 11 is 0. The molecule has 0 bridgehead atoms. The normalized spacial score (nSPS) is 32.8. The monoisotopic (exact) mass is 140 g/mol. The highest BCUT2D eigenvalue weighted by molar-refractivity contribution is 5.73. The molecule has 3 nitrogen and oxygen atoms in total. The molecule has 0 amide bonds. The molecule has 0 aromatic rings. The van der Waals surface area contributed by atoms with Crippen molar-refractivity contribution in [2.45, 2.75) is 6.42 Å². The van der Waals surface area contributed by atoms with E-state index in [1.165, 1.54) is 12.2 Å². The molecule has 0 aromatic heterocycles. The number of carboxylic acid groups (broad SMARTS) is 1. The van der Waals surface area contributed by atoms with Crippen molar-refractivity contribution in [2.24, 2.45) is 11.6 Å². The smallest absolute Gasteiger partial charge is 0.310 e. The summed E-state index contributed by atoms with van der Waals surface area (Å²) in [6, 6.07) is 0. The molecule has 0 saturated carbocycles. The van der Waals surface area contributed by atoms with E-state index in [1.54, 1.807) is 6.08 Å². The third kappa shape index (κ3) is 1.37. The summed E-state index contributed by atoms with van der Waals surface area (Å²) in [5.74, 6) is -2.72. The Morgan fingerprint density at radius 3 is 3.10 bits per heavy atom. The quantitative estimate of drug-likeness (QED) is 0.557. The van der Waals surface area contributed by atoms with Crippen LogP contribution in [-0.2, 0) is 4.79 Å². The largest absolute Gasteiger partial charge is 0.481 e. The van der Waals surface area contributed by atoms with E-state index in [1.807, 2.05) is 0 Å². The third-order valence-electron chi connectivity index (χ3n) is 1.28. The van der Waals surface area contributed by atoms with Crippen molar-refractivity contribution in [2.75, 3.05) is 0 Å². The number of carboxylic acids is 1. The van der Waals surface area contributed by atoms with Gasteiger partial charge in [-0.1, -0.05) is 12.2 Å². The molecule has 0 aromatic carbocycles. The molecule has 3 heteroatoms. The molecule has 1 rings (SSSR count). The molecule has 0 spiro atoms. The minimum absolute atomic E-state index is 0.0683. The zero-order chi connectivity index (χ0) is 8.48. The van der Waals surface area contributed by atoms with Crippen molar-refractivity contribution < 1.29 is 11.3 Å². The molecular formula is C7H9NO2. The lowest BCUT2D eigenvalue weighted by Gasteiger charge is -2.10. The molecule has 1 unspecified atom stereocenters. The van der Waals surface area contributed by atoms with Crippen molar-refractivity contribution in [3.8, 4) is 0 Å². The van der Waals surface area contributed by atoms with E-state index in [0.29, 0.717) is 5.70 Å². The average molecular weight is 140 g/mol. The maximum atomic E-state index is 10.5.